The molecule has 0 aliphatic heterocycles. The van der Waals surface area contributed by atoms with Gasteiger partial charge in [-0.15, -0.1) is 0 Å². The zero-order valence-corrected chi connectivity index (χ0v) is 11.6. The fraction of sp³-hybridized carbons (Fsp3) is 0.467. The van der Waals surface area contributed by atoms with Crippen molar-refractivity contribution in [1.82, 2.24) is 5.32 Å². The number of amides is 1. The molecule has 4 nitrogen and oxygen atoms in total. The Morgan fingerprint density at radius 2 is 2.21 bits per heavy atom. The molecule has 1 atom stereocenters. The fourth-order valence-corrected chi connectivity index (χ4v) is 1.72. The number of nitrogens with one attached hydrogen (secondary N) is 1. The van der Waals surface area contributed by atoms with Gasteiger partial charge in [0.1, 0.15) is 0 Å². The van der Waals surface area contributed by atoms with Crippen LogP contribution in [-0.2, 0) is 10.2 Å². The Morgan fingerprint density at radius 1 is 1.53 bits per heavy atom. The second kappa shape index (κ2) is 6.35. The highest BCUT2D eigenvalue weighted by Crippen LogP contribution is 2.24. The molecule has 0 aliphatic carbocycles. The maximum atomic E-state index is 12.2. The molecule has 0 saturated carbocycles. The minimum absolute atomic E-state index is 0.108. The molecular weight excluding hydrogens is 240 g/mol. The van der Waals surface area contributed by atoms with Crippen LogP contribution in [0.5, 0.6) is 0 Å². The molecule has 0 bridgehead atoms. The molecule has 0 aromatic heterocycles. The van der Waals surface area contributed by atoms with Crippen LogP contribution in [0.3, 0.4) is 0 Å². The summed E-state index contributed by atoms with van der Waals surface area (Å²) in [7, 11) is 0. The molecule has 0 spiro atoms. The first-order valence-corrected chi connectivity index (χ1v) is 6.35. The van der Waals surface area contributed by atoms with Gasteiger partial charge >= 0.3 is 0 Å². The highest BCUT2D eigenvalue weighted by molar-refractivity contribution is 5.87. The molecule has 0 radical (unpaired) electrons. The van der Waals surface area contributed by atoms with Crippen molar-refractivity contribution in [2.24, 2.45) is 0 Å². The van der Waals surface area contributed by atoms with Crippen molar-refractivity contribution >= 4 is 5.91 Å². The lowest BCUT2D eigenvalue weighted by Gasteiger charge is -2.24. The summed E-state index contributed by atoms with van der Waals surface area (Å²) in [5, 5.41) is 20.9. The zero-order valence-electron chi connectivity index (χ0n) is 11.6. The van der Waals surface area contributed by atoms with Crippen LogP contribution in [0.2, 0.25) is 0 Å². The number of hydrogen-bond acceptors (Lipinski definition) is 3. The smallest absolute Gasteiger partial charge is 0.230 e. The molecule has 1 aromatic rings. The van der Waals surface area contributed by atoms with Crippen LogP contribution in [-0.4, -0.2) is 23.7 Å². The first kappa shape index (κ1) is 15.2. The van der Waals surface area contributed by atoms with Gasteiger partial charge < -0.3 is 10.4 Å². The van der Waals surface area contributed by atoms with E-state index in [4.69, 9.17) is 10.4 Å². The molecule has 0 aliphatic rings. The Morgan fingerprint density at radius 3 is 2.79 bits per heavy atom. The quantitative estimate of drug-likeness (QED) is 0.846. The van der Waals surface area contributed by atoms with Gasteiger partial charge in [0.25, 0.3) is 0 Å². The minimum atomic E-state index is -0.703. The van der Waals surface area contributed by atoms with Crippen LogP contribution in [0.25, 0.3) is 0 Å². The van der Waals surface area contributed by atoms with Crippen molar-refractivity contribution in [1.29, 1.82) is 5.26 Å². The van der Waals surface area contributed by atoms with E-state index >= 15 is 0 Å². The van der Waals surface area contributed by atoms with Crippen molar-refractivity contribution in [2.75, 3.05) is 6.54 Å². The Hall–Kier alpha value is -1.86. The van der Waals surface area contributed by atoms with E-state index < -0.39 is 11.5 Å². The predicted molar refractivity (Wildman–Crippen MR) is 73.5 cm³/mol. The highest BCUT2D eigenvalue weighted by atomic mass is 16.3. The van der Waals surface area contributed by atoms with Crippen molar-refractivity contribution in [3.63, 3.8) is 0 Å². The van der Waals surface area contributed by atoms with Gasteiger partial charge in [-0.1, -0.05) is 12.1 Å². The third kappa shape index (κ3) is 4.08. The Kier molecular flexibility index (Phi) is 5.08. The second-order valence-electron chi connectivity index (χ2n) is 5.21. The molecule has 1 unspecified atom stereocenters. The highest BCUT2D eigenvalue weighted by Gasteiger charge is 2.29. The molecule has 0 heterocycles. The van der Waals surface area contributed by atoms with Gasteiger partial charge in [0.2, 0.25) is 5.91 Å². The van der Waals surface area contributed by atoms with Gasteiger partial charge in [0.05, 0.1) is 23.2 Å². The molecule has 0 saturated heterocycles. The van der Waals surface area contributed by atoms with Gasteiger partial charge in [0.15, 0.2) is 0 Å². The van der Waals surface area contributed by atoms with E-state index in [0.29, 0.717) is 18.5 Å². The molecule has 1 amide bonds. The van der Waals surface area contributed by atoms with E-state index in [2.05, 4.69) is 11.4 Å². The van der Waals surface area contributed by atoms with Crippen molar-refractivity contribution in [2.45, 2.75) is 38.7 Å². The summed E-state index contributed by atoms with van der Waals surface area (Å²) in [5.74, 6) is -0.108. The number of carbonyl (C=O) groups is 1. The van der Waals surface area contributed by atoms with Crippen LogP contribution < -0.4 is 5.32 Å². The van der Waals surface area contributed by atoms with Gasteiger partial charge in [0, 0.05) is 6.54 Å². The molecule has 19 heavy (non-hydrogen) atoms. The number of aliphatic hydroxyl groups is 1. The monoisotopic (exact) mass is 260 g/mol. The first-order chi connectivity index (χ1) is 8.87. The van der Waals surface area contributed by atoms with Crippen molar-refractivity contribution < 1.29 is 9.90 Å². The number of nitriles is 1. The minimum Gasteiger partial charge on any atom is -0.393 e. The number of benzene rings is 1. The van der Waals surface area contributed by atoms with E-state index in [-0.39, 0.29) is 5.91 Å². The Labute approximate surface area is 114 Å². The number of nitrogens with zero attached hydrogens (tertiary/aromatic N) is 1. The van der Waals surface area contributed by atoms with Crippen LogP contribution in [0.1, 0.15) is 38.3 Å². The van der Waals surface area contributed by atoms with Gasteiger partial charge in [-0.05, 0) is 44.9 Å². The number of rotatable bonds is 5. The third-order valence-electron chi connectivity index (χ3n) is 3.13. The molecule has 1 rings (SSSR count). The largest absolute Gasteiger partial charge is 0.393 e. The van der Waals surface area contributed by atoms with Gasteiger partial charge in [-0.3, -0.25) is 4.79 Å². The van der Waals surface area contributed by atoms with Crippen LogP contribution in [0.4, 0.5) is 0 Å². The molecule has 2 N–H and O–H groups in total. The summed E-state index contributed by atoms with van der Waals surface area (Å²) in [5.41, 5.74) is 0.648. The fourth-order valence-electron chi connectivity index (χ4n) is 1.72. The third-order valence-corrected chi connectivity index (χ3v) is 3.13. The zero-order chi connectivity index (χ0) is 14.5. The van der Waals surface area contributed by atoms with E-state index in [1.165, 1.54) is 0 Å². The summed E-state index contributed by atoms with van der Waals surface area (Å²) < 4.78 is 0. The van der Waals surface area contributed by atoms with Crippen molar-refractivity contribution in [3.8, 4) is 6.07 Å². The molecular formula is C15H20N2O2. The average Bonchev–Trinajstić information content (AvgIpc) is 2.38. The number of aliphatic hydroxyl groups excluding tert-OH is 1. The summed E-state index contributed by atoms with van der Waals surface area (Å²) in [6.45, 7) is 5.77. The SMILES string of the molecule is CC(O)CCNC(=O)C(C)(C)c1cccc(C#N)c1. The topological polar surface area (TPSA) is 73.1 Å². The summed E-state index contributed by atoms with van der Waals surface area (Å²) in [6, 6.07) is 9.13. The summed E-state index contributed by atoms with van der Waals surface area (Å²) >= 11 is 0. The maximum Gasteiger partial charge on any atom is 0.230 e. The summed E-state index contributed by atoms with van der Waals surface area (Å²) in [6.07, 6.45) is 0.102. The second-order valence-corrected chi connectivity index (χ2v) is 5.21. The van der Waals surface area contributed by atoms with E-state index in [0.717, 1.165) is 5.56 Å². The van der Waals surface area contributed by atoms with Crippen molar-refractivity contribution in [3.05, 3.63) is 35.4 Å². The Bertz CT molecular complexity index is 487. The normalized spacial score (nSPS) is 12.6. The first-order valence-electron chi connectivity index (χ1n) is 6.35. The molecule has 102 valence electrons. The Balaban J connectivity index is 2.78. The van der Waals surface area contributed by atoms with Crippen LogP contribution in [0, 0.1) is 11.3 Å². The van der Waals surface area contributed by atoms with Crippen LogP contribution in [0.15, 0.2) is 24.3 Å². The lowest BCUT2D eigenvalue weighted by Crippen LogP contribution is -2.41. The van der Waals surface area contributed by atoms with Gasteiger partial charge in [-0.25, -0.2) is 0 Å². The van der Waals surface area contributed by atoms with Crippen LogP contribution >= 0.6 is 0 Å². The van der Waals surface area contributed by atoms with Gasteiger partial charge in [-0.2, -0.15) is 5.26 Å². The lowest BCUT2D eigenvalue weighted by molar-refractivity contribution is -0.125. The predicted octanol–water partition coefficient (Wildman–Crippen LogP) is 1.72. The maximum absolute atomic E-state index is 12.2. The van der Waals surface area contributed by atoms with E-state index in [1.807, 2.05) is 19.9 Å². The molecule has 4 heteroatoms. The number of carbonyl (C=O) groups excluding carboxylic acids is 1. The molecule has 0 fully saturated rings. The lowest BCUT2D eigenvalue weighted by atomic mass is 9.83. The van der Waals surface area contributed by atoms with E-state index in [9.17, 15) is 4.79 Å². The standard InChI is InChI=1S/C15H20N2O2/c1-11(18)7-8-17-14(19)15(2,3)13-6-4-5-12(9-13)10-16/h4-6,9,11,18H,7-8H2,1-3H3,(H,17,19). The summed E-state index contributed by atoms with van der Waals surface area (Å²) in [4.78, 5) is 12.2. The van der Waals surface area contributed by atoms with E-state index in [1.54, 1.807) is 25.1 Å². The average molecular weight is 260 g/mol. The molecule has 1 aromatic carbocycles. The number of hydrogen-bond donors (Lipinski definition) is 2.